The Balaban J connectivity index is 1.69. The maximum Gasteiger partial charge on any atom is 0.407 e. The van der Waals surface area contributed by atoms with Gasteiger partial charge in [-0.2, -0.15) is 4.68 Å². The first-order valence-electron chi connectivity index (χ1n) is 11.9. The summed E-state index contributed by atoms with van der Waals surface area (Å²) in [5, 5.41) is 3.02. The Bertz CT molecular complexity index is 1240. The maximum absolute atomic E-state index is 15.5. The first kappa shape index (κ1) is 24.1. The van der Waals surface area contributed by atoms with E-state index in [9.17, 15) is 14.4 Å². The van der Waals surface area contributed by atoms with Gasteiger partial charge in [0.25, 0.3) is 5.56 Å². The van der Waals surface area contributed by atoms with Gasteiger partial charge in [-0.3, -0.25) is 9.36 Å². The van der Waals surface area contributed by atoms with Gasteiger partial charge >= 0.3 is 11.8 Å². The number of rotatable bonds is 5. The first-order valence-corrected chi connectivity index (χ1v) is 11.9. The van der Waals surface area contributed by atoms with Crippen LogP contribution in [0.3, 0.4) is 0 Å². The molecular formula is C24H34FN5O4. The summed E-state index contributed by atoms with van der Waals surface area (Å²) in [6, 6.07) is 1.02. The number of amides is 1. The number of carbonyl (C=O) groups excluding carboxylic acids is 1. The summed E-state index contributed by atoms with van der Waals surface area (Å²) in [7, 11) is 0. The van der Waals surface area contributed by atoms with Crippen LogP contribution in [-0.4, -0.2) is 40.1 Å². The van der Waals surface area contributed by atoms with Gasteiger partial charge < -0.3 is 20.8 Å². The molecule has 3 N–H and O–H groups in total. The summed E-state index contributed by atoms with van der Waals surface area (Å²) in [5.41, 5.74) is -0.292. The quantitative estimate of drug-likeness (QED) is 0.643. The highest BCUT2D eigenvalue weighted by molar-refractivity contribution is 5.87. The zero-order chi connectivity index (χ0) is 24.9. The number of nitrogens with zero attached hydrogens (tertiary/aromatic N) is 3. The number of hydrogen-bond donors (Lipinski definition) is 2. The van der Waals surface area contributed by atoms with Crippen molar-refractivity contribution < 1.29 is 13.9 Å². The third kappa shape index (κ3) is 4.37. The van der Waals surface area contributed by atoms with Crippen molar-refractivity contribution in [2.75, 3.05) is 23.8 Å². The fourth-order valence-electron chi connectivity index (χ4n) is 4.91. The van der Waals surface area contributed by atoms with Gasteiger partial charge in [0.15, 0.2) is 0 Å². The van der Waals surface area contributed by atoms with E-state index in [1.807, 2.05) is 39.5 Å². The van der Waals surface area contributed by atoms with Crippen LogP contribution in [-0.2, 0) is 11.2 Å². The molecule has 186 valence electrons. The number of ether oxygens (including phenoxy) is 1. The molecule has 1 aromatic heterocycles. The molecule has 9 nitrogen and oxygen atoms in total. The second-order valence-electron chi connectivity index (χ2n) is 10.4. The van der Waals surface area contributed by atoms with Crippen molar-refractivity contribution in [2.24, 2.45) is 5.92 Å². The molecule has 0 spiro atoms. The summed E-state index contributed by atoms with van der Waals surface area (Å²) in [4.78, 5) is 39.7. The molecule has 2 aromatic rings. The van der Waals surface area contributed by atoms with E-state index in [2.05, 4.69) is 5.32 Å². The number of carbonyl (C=O) groups is 1. The number of nitrogens with two attached hydrogens (primary N) is 1. The molecule has 34 heavy (non-hydrogen) atoms. The molecule has 0 radical (unpaired) electrons. The molecular weight excluding hydrogens is 441 g/mol. The predicted molar refractivity (Wildman–Crippen MR) is 129 cm³/mol. The van der Waals surface area contributed by atoms with Crippen LogP contribution in [0.2, 0.25) is 0 Å². The van der Waals surface area contributed by atoms with Crippen molar-refractivity contribution in [3.8, 4) is 0 Å². The number of aromatic nitrogens is 2. The van der Waals surface area contributed by atoms with Crippen LogP contribution in [0.25, 0.3) is 10.9 Å². The van der Waals surface area contributed by atoms with E-state index in [1.165, 1.54) is 6.07 Å². The SMILES string of the molecule is CCc1c(N2CCC([C@H](C)NC(=O)OC(C)(C)C)C2)c(F)cc2c(=O)n(N)c(=O)n(C3CC3)c12. The van der Waals surface area contributed by atoms with Crippen molar-refractivity contribution in [3.05, 3.63) is 38.3 Å². The summed E-state index contributed by atoms with van der Waals surface area (Å²) in [5.74, 6) is 5.33. The molecule has 2 heterocycles. The smallest absolute Gasteiger partial charge is 0.407 e. The lowest BCUT2D eigenvalue weighted by atomic mass is 10.0. The second kappa shape index (κ2) is 8.63. The van der Waals surface area contributed by atoms with E-state index >= 15 is 4.39 Å². The molecule has 1 aromatic carbocycles. The Morgan fingerprint density at radius 1 is 1.29 bits per heavy atom. The van der Waals surface area contributed by atoms with Crippen LogP contribution in [0.5, 0.6) is 0 Å². The number of nitrogens with one attached hydrogen (secondary N) is 1. The van der Waals surface area contributed by atoms with Gasteiger partial charge in [-0.25, -0.2) is 14.0 Å². The number of nitrogen functional groups attached to an aromatic ring is 1. The Hall–Kier alpha value is -3.04. The lowest BCUT2D eigenvalue weighted by molar-refractivity contribution is 0.0494. The fraction of sp³-hybridized carbons (Fsp3) is 0.625. The van der Waals surface area contributed by atoms with Crippen LogP contribution >= 0.6 is 0 Å². The molecule has 1 aliphatic carbocycles. The molecule has 10 heteroatoms. The van der Waals surface area contributed by atoms with E-state index in [0.29, 0.717) is 41.0 Å². The number of halogens is 1. The molecule has 4 rings (SSSR count). The van der Waals surface area contributed by atoms with Crippen molar-refractivity contribution in [1.82, 2.24) is 14.6 Å². The summed E-state index contributed by atoms with van der Waals surface area (Å²) in [6.07, 6.45) is 2.38. The predicted octanol–water partition coefficient (Wildman–Crippen LogP) is 2.65. The van der Waals surface area contributed by atoms with Gasteiger partial charge in [-0.15, -0.1) is 0 Å². The van der Waals surface area contributed by atoms with Crippen molar-refractivity contribution in [1.29, 1.82) is 0 Å². The molecule has 1 saturated carbocycles. The number of anilines is 1. The average molecular weight is 476 g/mol. The van der Waals surface area contributed by atoms with Crippen LogP contribution in [0.4, 0.5) is 14.9 Å². The van der Waals surface area contributed by atoms with Gasteiger partial charge in [0.05, 0.1) is 16.6 Å². The van der Waals surface area contributed by atoms with E-state index in [0.717, 1.165) is 19.3 Å². The highest BCUT2D eigenvalue weighted by Gasteiger charge is 2.34. The minimum atomic E-state index is -0.688. The monoisotopic (exact) mass is 475 g/mol. The van der Waals surface area contributed by atoms with Crippen molar-refractivity contribution in [2.45, 2.75) is 78.0 Å². The van der Waals surface area contributed by atoms with Crippen molar-refractivity contribution >= 4 is 22.7 Å². The van der Waals surface area contributed by atoms with Gasteiger partial charge in [0.1, 0.15) is 11.4 Å². The summed E-state index contributed by atoms with van der Waals surface area (Å²) >= 11 is 0. The average Bonchev–Trinajstić information content (AvgIpc) is 3.45. The summed E-state index contributed by atoms with van der Waals surface area (Å²) < 4.78 is 23.0. The molecule has 0 bridgehead atoms. The molecule has 1 amide bonds. The molecule has 1 unspecified atom stereocenters. The Morgan fingerprint density at radius 3 is 2.56 bits per heavy atom. The highest BCUT2D eigenvalue weighted by atomic mass is 19.1. The second-order valence-corrected chi connectivity index (χ2v) is 10.4. The molecule has 2 fully saturated rings. The number of fused-ring (bicyclic) bond motifs is 1. The van der Waals surface area contributed by atoms with Gasteiger partial charge in [-0.05, 0) is 65.4 Å². The van der Waals surface area contributed by atoms with E-state index in [1.54, 1.807) is 4.57 Å². The van der Waals surface area contributed by atoms with Crippen LogP contribution in [0, 0.1) is 11.7 Å². The molecule has 1 aliphatic heterocycles. The standard InChI is InChI=1S/C24H34FN5O4/c1-6-16-19-17(21(31)30(26)23(33)29(19)15-7-8-15)11-18(25)20(16)28-10-9-14(12-28)13(2)27-22(32)34-24(3,4)5/h11,13-15H,6-10,12,26H2,1-5H3,(H,27,32)/t13-,14?/m0/s1. The largest absolute Gasteiger partial charge is 0.444 e. The Labute approximate surface area is 197 Å². The molecule has 1 saturated heterocycles. The Morgan fingerprint density at radius 2 is 1.97 bits per heavy atom. The van der Waals surface area contributed by atoms with Crippen LogP contribution in [0.1, 0.15) is 65.5 Å². The number of alkyl carbamates (subject to hydrolysis) is 1. The lowest BCUT2D eigenvalue weighted by Crippen LogP contribution is -2.45. The zero-order valence-corrected chi connectivity index (χ0v) is 20.5. The zero-order valence-electron chi connectivity index (χ0n) is 20.5. The Kier molecular flexibility index (Phi) is 6.12. The maximum atomic E-state index is 15.5. The minimum Gasteiger partial charge on any atom is -0.444 e. The van der Waals surface area contributed by atoms with Gasteiger partial charge in [0, 0.05) is 30.7 Å². The van der Waals surface area contributed by atoms with Gasteiger partial charge in [-0.1, -0.05) is 6.92 Å². The normalized spacial score (nSPS) is 19.5. The third-order valence-electron chi connectivity index (χ3n) is 6.68. The number of hydrogen-bond acceptors (Lipinski definition) is 6. The third-order valence-corrected chi connectivity index (χ3v) is 6.68. The highest BCUT2D eigenvalue weighted by Crippen LogP contribution is 2.40. The van der Waals surface area contributed by atoms with E-state index in [-0.39, 0.29) is 23.4 Å². The molecule has 2 atom stereocenters. The first-order chi connectivity index (χ1) is 15.9. The van der Waals surface area contributed by atoms with Crippen LogP contribution < -0.4 is 27.3 Å². The number of benzene rings is 1. The van der Waals surface area contributed by atoms with E-state index < -0.39 is 28.8 Å². The van der Waals surface area contributed by atoms with Crippen LogP contribution in [0.15, 0.2) is 15.7 Å². The van der Waals surface area contributed by atoms with Crippen molar-refractivity contribution in [3.63, 3.8) is 0 Å². The fourth-order valence-corrected chi connectivity index (χ4v) is 4.91. The summed E-state index contributed by atoms with van der Waals surface area (Å²) in [6.45, 7) is 10.4. The number of aryl methyl sites for hydroxylation is 1. The minimum absolute atomic E-state index is 0.0293. The van der Waals surface area contributed by atoms with E-state index in [4.69, 9.17) is 10.6 Å². The molecule has 2 aliphatic rings. The topological polar surface area (TPSA) is 112 Å². The van der Waals surface area contributed by atoms with Gasteiger partial charge in [0.2, 0.25) is 0 Å². The lowest BCUT2D eigenvalue weighted by Gasteiger charge is -2.27.